The molecule has 0 saturated heterocycles. The predicted octanol–water partition coefficient (Wildman–Crippen LogP) is 3.24. The molecular formula is C10H12Cl2N2OS2. The number of nitrogens with one attached hydrogen (secondary N) is 1. The molecule has 7 heteroatoms. The van der Waals surface area contributed by atoms with Gasteiger partial charge in [0.15, 0.2) is 0 Å². The molecule has 1 unspecified atom stereocenters. The number of carbonyl (C=O) groups is 1. The highest BCUT2D eigenvalue weighted by Gasteiger charge is 2.17. The molecule has 0 aromatic carbocycles. The van der Waals surface area contributed by atoms with E-state index in [0.717, 1.165) is 6.42 Å². The summed E-state index contributed by atoms with van der Waals surface area (Å²) >= 11 is 17.7. The van der Waals surface area contributed by atoms with Crippen LogP contribution in [-0.4, -0.2) is 16.9 Å². The number of hydrogen-bond donors (Lipinski definition) is 2. The average Bonchev–Trinajstić information content (AvgIpc) is 2.56. The van der Waals surface area contributed by atoms with Gasteiger partial charge in [-0.2, -0.15) is 0 Å². The molecule has 17 heavy (non-hydrogen) atoms. The second-order valence-corrected chi connectivity index (χ2v) is 6.30. The van der Waals surface area contributed by atoms with E-state index in [1.807, 2.05) is 6.92 Å². The lowest BCUT2D eigenvalue weighted by atomic mass is 10.1. The van der Waals surface area contributed by atoms with Crippen molar-refractivity contribution in [2.45, 2.75) is 25.8 Å². The molecule has 1 heterocycles. The number of carbonyl (C=O) groups excluding carboxylic acids is 1. The molecule has 3 nitrogen and oxygen atoms in total. The average molecular weight is 311 g/mol. The summed E-state index contributed by atoms with van der Waals surface area (Å²) in [6.45, 7) is 1.95. The largest absolute Gasteiger partial charge is 0.393 e. The van der Waals surface area contributed by atoms with Crippen molar-refractivity contribution < 1.29 is 4.79 Å². The van der Waals surface area contributed by atoms with Crippen molar-refractivity contribution in [2.24, 2.45) is 5.73 Å². The van der Waals surface area contributed by atoms with Crippen LogP contribution in [0.2, 0.25) is 8.67 Å². The first-order valence-corrected chi connectivity index (χ1v) is 6.96. The molecule has 0 spiro atoms. The molecular weight excluding hydrogens is 299 g/mol. The minimum atomic E-state index is -0.249. The van der Waals surface area contributed by atoms with Gasteiger partial charge in [-0.1, -0.05) is 42.3 Å². The number of halogens is 2. The topological polar surface area (TPSA) is 55.1 Å². The van der Waals surface area contributed by atoms with Crippen LogP contribution in [0.25, 0.3) is 0 Å². The first kappa shape index (κ1) is 14.7. The maximum absolute atomic E-state index is 11.9. The Balaban J connectivity index is 2.70. The van der Waals surface area contributed by atoms with Crippen LogP contribution in [0.15, 0.2) is 6.07 Å². The first-order chi connectivity index (χ1) is 7.93. The zero-order valence-electron chi connectivity index (χ0n) is 9.13. The van der Waals surface area contributed by atoms with Crippen LogP contribution in [0.4, 0.5) is 0 Å². The Morgan fingerprint density at radius 1 is 1.65 bits per heavy atom. The van der Waals surface area contributed by atoms with Crippen LogP contribution in [0.1, 0.15) is 30.1 Å². The maximum atomic E-state index is 11.9. The fourth-order valence-corrected chi connectivity index (χ4v) is 2.96. The van der Waals surface area contributed by atoms with Crippen molar-refractivity contribution in [2.75, 3.05) is 0 Å². The number of rotatable bonds is 5. The molecule has 1 aromatic heterocycles. The molecule has 0 aliphatic heterocycles. The highest BCUT2D eigenvalue weighted by Crippen LogP contribution is 2.31. The maximum Gasteiger partial charge on any atom is 0.253 e. The number of hydrogen-bond acceptors (Lipinski definition) is 3. The van der Waals surface area contributed by atoms with E-state index in [-0.39, 0.29) is 11.9 Å². The second-order valence-electron chi connectivity index (χ2n) is 3.49. The van der Waals surface area contributed by atoms with Gasteiger partial charge in [-0.15, -0.1) is 11.3 Å². The molecule has 0 fully saturated rings. The zero-order valence-corrected chi connectivity index (χ0v) is 12.3. The monoisotopic (exact) mass is 310 g/mol. The first-order valence-electron chi connectivity index (χ1n) is 4.98. The fourth-order valence-electron chi connectivity index (χ4n) is 1.30. The van der Waals surface area contributed by atoms with Gasteiger partial charge in [0.1, 0.15) is 4.34 Å². The number of nitrogens with two attached hydrogens (primary N) is 1. The van der Waals surface area contributed by atoms with Crippen molar-refractivity contribution in [1.82, 2.24) is 5.32 Å². The van der Waals surface area contributed by atoms with E-state index >= 15 is 0 Å². The van der Waals surface area contributed by atoms with E-state index in [2.05, 4.69) is 5.32 Å². The fraction of sp³-hybridized carbons (Fsp3) is 0.400. The smallest absolute Gasteiger partial charge is 0.253 e. The van der Waals surface area contributed by atoms with Crippen LogP contribution >= 0.6 is 46.8 Å². The Morgan fingerprint density at radius 3 is 2.71 bits per heavy atom. The SMILES string of the molecule is CCC(CC(N)=S)NC(=O)c1cc(Cl)sc1Cl. The Hall–Kier alpha value is -0.360. The van der Waals surface area contributed by atoms with Gasteiger partial charge in [0.25, 0.3) is 5.91 Å². The van der Waals surface area contributed by atoms with Crippen LogP contribution in [0, 0.1) is 0 Å². The third kappa shape index (κ3) is 4.43. The quantitative estimate of drug-likeness (QED) is 0.821. The minimum Gasteiger partial charge on any atom is -0.393 e. The summed E-state index contributed by atoms with van der Waals surface area (Å²) < 4.78 is 0.875. The van der Waals surface area contributed by atoms with Gasteiger partial charge in [0.05, 0.1) is 14.9 Å². The van der Waals surface area contributed by atoms with Gasteiger partial charge in [-0.3, -0.25) is 4.79 Å². The van der Waals surface area contributed by atoms with Crippen molar-refractivity contribution >= 4 is 57.7 Å². The van der Waals surface area contributed by atoms with Gasteiger partial charge in [0, 0.05) is 12.5 Å². The highest BCUT2D eigenvalue weighted by atomic mass is 35.5. The molecule has 1 amide bonds. The number of amides is 1. The Labute approximate surface area is 119 Å². The highest BCUT2D eigenvalue weighted by molar-refractivity contribution is 7.80. The van der Waals surface area contributed by atoms with E-state index in [4.69, 9.17) is 41.2 Å². The molecule has 0 aliphatic carbocycles. The molecule has 1 rings (SSSR count). The van der Waals surface area contributed by atoms with Crippen molar-refractivity contribution in [3.8, 4) is 0 Å². The molecule has 0 saturated carbocycles. The summed E-state index contributed by atoms with van der Waals surface area (Å²) in [6, 6.07) is 1.48. The second kappa shape index (κ2) is 6.54. The summed E-state index contributed by atoms with van der Waals surface area (Å²) in [5.74, 6) is -0.249. The lowest BCUT2D eigenvalue weighted by molar-refractivity contribution is 0.0938. The van der Waals surface area contributed by atoms with Crippen LogP contribution < -0.4 is 11.1 Å². The van der Waals surface area contributed by atoms with Crippen molar-refractivity contribution in [3.05, 3.63) is 20.3 Å². The third-order valence-corrected chi connectivity index (χ3v) is 3.83. The molecule has 1 aromatic rings. The summed E-state index contributed by atoms with van der Waals surface area (Å²) in [5.41, 5.74) is 5.84. The van der Waals surface area contributed by atoms with E-state index in [9.17, 15) is 4.79 Å². The summed E-state index contributed by atoms with van der Waals surface area (Å²) in [4.78, 5) is 12.3. The van der Waals surface area contributed by atoms with E-state index in [1.54, 1.807) is 6.07 Å². The molecule has 1 atom stereocenters. The Morgan fingerprint density at radius 2 is 2.29 bits per heavy atom. The van der Waals surface area contributed by atoms with E-state index in [1.165, 1.54) is 11.3 Å². The summed E-state index contributed by atoms with van der Waals surface area (Å²) in [5, 5.41) is 2.83. The normalized spacial score (nSPS) is 12.2. The van der Waals surface area contributed by atoms with Gasteiger partial charge >= 0.3 is 0 Å². The Kier molecular flexibility index (Phi) is 5.66. The molecule has 3 N–H and O–H groups in total. The van der Waals surface area contributed by atoms with Gasteiger partial charge in [-0.05, 0) is 12.5 Å². The predicted molar refractivity (Wildman–Crippen MR) is 77.3 cm³/mol. The van der Waals surface area contributed by atoms with Crippen LogP contribution in [-0.2, 0) is 0 Å². The Bertz CT molecular complexity index is 434. The number of thiophene rings is 1. The van der Waals surface area contributed by atoms with Crippen molar-refractivity contribution in [3.63, 3.8) is 0 Å². The van der Waals surface area contributed by atoms with E-state index < -0.39 is 0 Å². The standard InChI is InChI=1S/C10H12Cl2N2OS2/c1-2-5(3-8(13)16)14-10(15)6-4-7(11)17-9(6)12/h4-5H,2-3H2,1H3,(H2,13,16)(H,14,15). The number of thiocarbonyl (C=S) groups is 1. The molecule has 0 bridgehead atoms. The van der Waals surface area contributed by atoms with Crippen LogP contribution in [0.5, 0.6) is 0 Å². The molecule has 94 valence electrons. The zero-order chi connectivity index (χ0) is 13.0. The summed E-state index contributed by atoms with van der Waals surface area (Å²) in [7, 11) is 0. The van der Waals surface area contributed by atoms with Gasteiger partial charge in [-0.25, -0.2) is 0 Å². The molecule has 0 radical (unpaired) electrons. The van der Waals surface area contributed by atoms with Crippen molar-refractivity contribution in [1.29, 1.82) is 0 Å². The summed E-state index contributed by atoms with van der Waals surface area (Å²) in [6.07, 6.45) is 1.23. The lowest BCUT2D eigenvalue weighted by Crippen LogP contribution is -2.36. The third-order valence-electron chi connectivity index (χ3n) is 2.18. The van der Waals surface area contributed by atoms with Gasteiger partial charge < -0.3 is 11.1 Å². The van der Waals surface area contributed by atoms with E-state index in [0.29, 0.717) is 25.6 Å². The molecule has 0 aliphatic rings. The minimum absolute atomic E-state index is 0.0743. The van der Waals surface area contributed by atoms with Gasteiger partial charge in [0.2, 0.25) is 0 Å². The van der Waals surface area contributed by atoms with Crippen LogP contribution in [0.3, 0.4) is 0 Å². The lowest BCUT2D eigenvalue weighted by Gasteiger charge is -2.15.